The minimum Gasteiger partial charge on any atom is -0.465 e. The highest BCUT2D eigenvalue weighted by Gasteiger charge is 2.41. The first-order valence-electron chi connectivity index (χ1n) is 8.08. The van der Waals surface area contributed by atoms with E-state index in [0.717, 1.165) is 0 Å². The number of rotatable bonds is 2. The van der Waals surface area contributed by atoms with Gasteiger partial charge in [-0.25, -0.2) is 9.78 Å². The standard InChI is InChI=1S/C17H20N4O4/c1-10-12(17(23)24-3)6-11(7-18)16(19-10)21-8-13-14(9-21)25-5-4-15(22)20(13)2/h6,13-14H,4-5,8-9H2,1-3H3/t13-,14-/m0/s1. The first-order valence-corrected chi connectivity index (χ1v) is 8.08. The number of likely N-dealkylation sites (N-methyl/N-ethyl adjacent to an activating group) is 1. The lowest BCUT2D eigenvalue weighted by Gasteiger charge is -2.25. The summed E-state index contributed by atoms with van der Waals surface area (Å²) in [5, 5.41) is 9.48. The van der Waals surface area contributed by atoms with Gasteiger partial charge >= 0.3 is 5.97 Å². The molecule has 2 aliphatic rings. The monoisotopic (exact) mass is 344 g/mol. The molecule has 2 aliphatic heterocycles. The van der Waals surface area contributed by atoms with Crippen LogP contribution in [0.25, 0.3) is 0 Å². The van der Waals surface area contributed by atoms with Gasteiger partial charge in [-0.05, 0) is 13.0 Å². The molecule has 1 amide bonds. The number of nitrogens with zero attached hydrogens (tertiary/aromatic N) is 4. The number of esters is 1. The van der Waals surface area contributed by atoms with E-state index in [0.29, 0.717) is 43.2 Å². The molecule has 2 saturated heterocycles. The number of fused-ring (bicyclic) bond motifs is 1. The number of hydrogen-bond acceptors (Lipinski definition) is 7. The minimum absolute atomic E-state index is 0.0556. The Hall–Kier alpha value is -2.66. The quantitative estimate of drug-likeness (QED) is 0.720. The lowest BCUT2D eigenvalue weighted by Crippen LogP contribution is -2.42. The molecule has 3 rings (SSSR count). The fourth-order valence-electron chi connectivity index (χ4n) is 3.36. The molecule has 1 aromatic heterocycles. The lowest BCUT2D eigenvalue weighted by molar-refractivity contribution is -0.130. The second kappa shape index (κ2) is 6.69. The molecule has 0 N–H and O–H groups in total. The first-order chi connectivity index (χ1) is 12.0. The molecule has 0 aromatic carbocycles. The van der Waals surface area contributed by atoms with E-state index in [2.05, 4.69) is 11.1 Å². The minimum atomic E-state index is -0.520. The topological polar surface area (TPSA) is 95.8 Å². The van der Waals surface area contributed by atoms with E-state index in [1.54, 1.807) is 18.9 Å². The molecule has 0 unspecified atom stereocenters. The maximum absolute atomic E-state index is 12.0. The molecule has 0 saturated carbocycles. The molecule has 3 heterocycles. The van der Waals surface area contributed by atoms with Gasteiger partial charge in [0.2, 0.25) is 5.91 Å². The highest BCUT2D eigenvalue weighted by Crippen LogP contribution is 2.29. The van der Waals surface area contributed by atoms with E-state index in [1.165, 1.54) is 13.2 Å². The van der Waals surface area contributed by atoms with Crippen LogP contribution in [0.2, 0.25) is 0 Å². The van der Waals surface area contributed by atoms with Crippen molar-refractivity contribution in [3.8, 4) is 6.07 Å². The molecular formula is C17H20N4O4. The van der Waals surface area contributed by atoms with Crippen LogP contribution >= 0.6 is 0 Å². The van der Waals surface area contributed by atoms with Gasteiger partial charge in [0.15, 0.2) is 0 Å². The molecule has 2 fully saturated rings. The summed E-state index contributed by atoms with van der Waals surface area (Å²) in [6, 6.07) is 3.53. The van der Waals surface area contributed by atoms with E-state index in [1.807, 2.05) is 4.90 Å². The van der Waals surface area contributed by atoms with Crippen LogP contribution in [0.4, 0.5) is 5.82 Å². The summed E-state index contributed by atoms with van der Waals surface area (Å²) in [4.78, 5) is 32.0. The van der Waals surface area contributed by atoms with Crippen LogP contribution in [0.3, 0.4) is 0 Å². The van der Waals surface area contributed by atoms with Gasteiger partial charge in [0.05, 0.1) is 49.1 Å². The van der Waals surface area contributed by atoms with Crippen molar-refractivity contribution < 1.29 is 19.1 Å². The van der Waals surface area contributed by atoms with Gasteiger partial charge in [-0.2, -0.15) is 5.26 Å². The average molecular weight is 344 g/mol. The van der Waals surface area contributed by atoms with Crippen molar-refractivity contribution in [3.05, 3.63) is 22.9 Å². The second-order valence-corrected chi connectivity index (χ2v) is 6.23. The Morgan fingerprint density at radius 2 is 2.24 bits per heavy atom. The molecule has 8 nitrogen and oxygen atoms in total. The Balaban J connectivity index is 1.93. The summed E-state index contributed by atoms with van der Waals surface area (Å²) in [6.45, 7) is 3.18. The van der Waals surface area contributed by atoms with Gasteiger partial charge in [0.1, 0.15) is 11.9 Å². The highest BCUT2D eigenvalue weighted by atomic mass is 16.5. The summed E-state index contributed by atoms with van der Waals surface area (Å²) < 4.78 is 10.5. The summed E-state index contributed by atoms with van der Waals surface area (Å²) in [5.74, 6) is 0.0403. The summed E-state index contributed by atoms with van der Waals surface area (Å²) in [7, 11) is 3.07. The van der Waals surface area contributed by atoms with Crippen molar-refractivity contribution in [3.63, 3.8) is 0 Å². The predicted molar refractivity (Wildman–Crippen MR) is 88.2 cm³/mol. The van der Waals surface area contributed by atoms with E-state index in [9.17, 15) is 14.9 Å². The number of ether oxygens (including phenoxy) is 2. The largest absolute Gasteiger partial charge is 0.465 e. The number of anilines is 1. The Morgan fingerprint density at radius 1 is 1.48 bits per heavy atom. The number of hydrogen-bond donors (Lipinski definition) is 0. The second-order valence-electron chi connectivity index (χ2n) is 6.23. The van der Waals surface area contributed by atoms with E-state index < -0.39 is 5.97 Å². The molecule has 0 radical (unpaired) electrons. The van der Waals surface area contributed by atoms with Crippen molar-refractivity contribution in [1.29, 1.82) is 5.26 Å². The number of carbonyl (C=O) groups excluding carboxylic acids is 2. The van der Waals surface area contributed by atoms with Crippen LogP contribution in [-0.4, -0.2) is 67.8 Å². The Labute approximate surface area is 145 Å². The van der Waals surface area contributed by atoms with Crippen LogP contribution < -0.4 is 4.90 Å². The third kappa shape index (κ3) is 3.03. The van der Waals surface area contributed by atoms with E-state index >= 15 is 0 Å². The van der Waals surface area contributed by atoms with Gasteiger partial charge in [-0.15, -0.1) is 0 Å². The number of aryl methyl sites for hydroxylation is 1. The van der Waals surface area contributed by atoms with Crippen LogP contribution in [0.5, 0.6) is 0 Å². The Kier molecular flexibility index (Phi) is 4.59. The van der Waals surface area contributed by atoms with Crippen LogP contribution in [0, 0.1) is 18.3 Å². The summed E-state index contributed by atoms with van der Waals surface area (Å²) in [6.07, 6.45) is 0.267. The highest BCUT2D eigenvalue weighted by molar-refractivity contribution is 5.91. The molecule has 25 heavy (non-hydrogen) atoms. The first kappa shape index (κ1) is 17.2. The van der Waals surface area contributed by atoms with Crippen molar-refractivity contribution in [2.24, 2.45) is 0 Å². The molecule has 0 bridgehead atoms. The number of methoxy groups -OCH3 is 1. The van der Waals surface area contributed by atoms with Crippen LogP contribution in [0.15, 0.2) is 6.07 Å². The lowest BCUT2D eigenvalue weighted by atomic mass is 10.1. The normalized spacial score (nSPS) is 23.0. The Morgan fingerprint density at radius 3 is 2.92 bits per heavy atom. The van der Waals surface area contributed by atoms with Crippen molar-refractivity contribution in [2.75, 3.05) is 38.8 Å². The number of pyridine rings is 1. The SMILES string of the molecule is COC(=O)c1cc(C#N)c(N2C[C@@H]3OCCC(=O)N(C)[C@H]3C2)nc1C. The van der Waals surface area contributed by atoms with Crippen molar-refractivity contribution >= 4 is 17.7 Å². The summed E-state index contributed by atoms with van der Waals surface area (Å²) in [5.41, 5.74) is 1.08. The van der Waals surface area contributed by atoms with Gasteiger partial charge in [0, 0.05) is 20.1 Å². The van der Waals surface area contributed by atoms with E-state index in [-0.39, 0.29) is 23.6 Å². The molecule has 1 aromatic rings. The van der Waals surface area contributed by atoms with Crippen LogP contribution in [-0.2, 0) is 14.3 Å². The van der Waals surface area contributed by atoms with Crippen LogP contribution in [0.1, 0.15) is 28.0 Å². The number of aromatic nitrogens is 1. The number of carbonyl (C=O) groups is 2. The maximum Gasteiger partial charge on any atom is 0.339 e. The predicted octanol–water partition coefficient (Wildman–Crippen LogP) is 0.484. The van der Waals surface area contributed by atoms with Crippen molar-refractivity contribution in [1.82, 2.24) is 9.88 Å². The average Bonchev–Trinajstić information content (AvgIpc) is 2.98. The zero-order chi connectivity index (χ0) is 18.1. The van der Waals surface area contributed by atoms with Gasteiger partial charge in [0.25, 0.3) is 0 Å². The smallest absolute Gasteiger partial charge is 0.339 e. The molecule has 132 valence electrons. The van der Waals surface area contributed by atoms with Gasteiger partial charge < -0.3 is 19.3 Å². The fraction of sp³-hybridized carbons (Fsp3) is 0.529. The third-order valence-corrected chi connectivity index (χ3v) is 4.79. The van der Waals surface area contributed by atoms with Gasteiger partial charge in [-0.3, -0.25) is 4.79 Å². The molecule has 0 aliphatic carbocycles. The zero-order valence-electron chi connectivity index (χ0n) is 14.5. The number of amides is 1. The molecule has 8 heteroatoms. The Bertz CT molecular complexity index is 758. The van der Waals surface area contributed by atoms with E-state index in [4.69, 9.17) is 9.47 Å². The zero-order valence-corrected chi connectivity index (χ0v) is 14.5. The third-order valence-electron chi connectivity index (χ3n) is 4.79. The number of nitriles is 1. The molecule has 2 atom stereocenters. The van der Waals surface area contributed by atoms with Gasteiger partial charge in [-0.1, -0.05) is 0 Å². The fourth-order valence-corrected chi connectivity index (χ4v) is 3.36. The molecular weight excluding hydrogens is 324 g/mol. The van der Waals surface area contributed by atoms with Crippen molar-refractivity contribution in [2.45, 2.75) is 25.5 Å². The maximum atomic E-state index is 12.0. The molecule has 0 spiro atoms. The summed E-state index contributed by atoms with van der Waals surface area (Å²) >= 11 is 0.